The summed E-state index contributed by atoms with van der Waals surface area (Å²) in [5.74, 6) is 0.0931. The Kier molecular flexibility index (Phi) is 3.68. The van der Waals surface area contributed by atoms with Crippen LogP contribution in [0.15, 0.2) is 0 Å². The predicted octanol–water partition coefficient (Wildman–Crippen LogP) is -0.715. The average Bonchev–Trinajstić information content (AvgIpc) is 2.28. The Morgan fingerprint density at radius 2 is 1.80 bits per heavy atom. The molecule has 1 heterocycles. The smallest absolute Gasteiger partial charge is 0.242 e. The SMILES string of the molecule is CNC(C)(C)C(=O)N1CCN(C=O)CC1. The van der Waals surface area contributed by atoms with Gasteiger partial charge in [0.25, 0.3) is 0 Å². The molecule has 86 valence electrons. The molecule has 0 aromatic rings. The Labute approximate surface area is 90.4 Å². The lowest BCUT2D eigenvalue weighted by molar-refractivity contribution is -0.140. The van der Waals surface area contributed by atoms with Crippen molar-refractivity contribution in [2.45, 2.75) is 19.4 Å². The highest BCUT2D eigenvalue weighted by Gasteiger charge is 2.31. The number of piperazine rings is 1. The van der Waals surface area contributed by atoms with Gasteiger partial charge in [0.15, 0.2) is 0 Å². The van der Waals surface area contributed by atoms with Gasteiger partial charge in [0, 0.05) is 26.2 Å². The molecule has 0 unspecified atom stereocenters. The third-order valence-electron chi connectivity index (χ3n) is 2.91. The topological polar surface area (TPSA) is 52.7 Å². The van der Waals surface area contributed by atoms with Crippen molar-refractivity contribution < 1.29 is 9.59 Å². The lowest BCUT2D eigenvalue weighted by Gasteiger charge is -2.37. The second-order valence-corrected chi connectivity index (χ2v) is 4.31. The van der Waals surface area contributed by atoms with Gasteiger partial charge in [-0.25, -0.2) is 0 Å². The number of carbonyl (C=O) groups is 2. The first-order valence-corrected chi connectivity index (χ1v) is 5.19. The summed E-state index contributed by atoms with van der Waals surface area (Å²) in [6.45, 7) is 6.25. The van der Waals surface area contributed by atoms with Gasteiger partial charge in [-0.2, -0.15) is 0 Å². The van der Waals surface area contributed by atoms with Crippen LogP contribution in [0.5, 0.6) is 0 Å². The zero-order chi connectivity index (χ0) is 11.5. The normalized spacial score (nSPS) is 17.8. The van der Waals surface area contributed by atoms with Gasteiger partial charge in [-0.1, -0.05) is 0 Å². The van der Waals surface area contributed by atoms with Gasteiger partial charge in [0.1, 0.15) is 0 Å². The highest BCUT2D eigenvalue weighted by Crippen LogP contribution is 2.09. The van der Waals surface area contributed by atoms with Crippen LogP contribution in [0.1, 0.15) is 13.8 Å². The van der Waals surface area contributed by atoms with Gasteiger partial charge in [0.2, 0.25) is 12.3 Å². The third kappa shape index (κ3) is 2.68. The van der Waals surface area contributed by atoms with Gasteiger partial charge in [-0.3, -0.25) is 9.59 Å². The van der Waals surface area contributed by atoms with E-state index in [-0.39, 0.29) is 5.91 Å². The Bertz CT molecular complexity index is 245. The van der Waals surface area contributed by atoms with E-state index < -0.39 is 5.54 Å². The minimum atomic E-state index is -0.524. The summed E-state index contributed by atoms with van der Waals surface area (Å²) < 4.78 is 0. The fraction of sp³-hybridized carbons (Fsp3) is 0.800. The number of nitrogens with zero attached hydrogens (tertiary/aromatic N) is 2. The summed E-state index contributed by atoms with van der Waals surface area (Å²) in [5, 5.41) is 2.99. The minimum Gasteiger partial charge on any atom is -0.342 e. The number of amides is 2. The van der Waals surface area contributed by atoms with E-state index in [1.54, 1.807) is 16.8 Å². The van der Waals surface area contributed by atoms with E-state index in [1.807, 2.05) is 13.8 Å². The minimum absolute atomic E-state index is 0.0931. The first-order valence-electron chi connectivity index (χ1n) is 5.19. The first kappa shape index (κ1) is 12.0. The molecular formula is C10H19N3O2. The van der Waals surface area contributed by atoms with Gasteiger partial charge in [0.05, 0.1) is 5.54 Å². The maximum Gasteiger partial charge on any atom is 0.242 e. The molecule has 0 bridgehead atoms. The molecule has 5 heteroatoms. The molecule has 0 radical (unpaired) electrons. The summed E-state index contributed by atoms with van der Waals surface area (Å²) >= 11 is 0. The number of hydrogen-bond donors (Lipinski definition) is 1. The molecule has 1 rings (SSSR count). The van der Waals surface area contributed by atoms with Crippen molar-refractivity contribution in [2.24, 2.45) is 0 Å². The van der Waals surface area contributed by atoms with Crippen molar-refractivity contribution in [3.8, 4) is 0 Å². The molecule has 0 aromatic heterocycles. The van der Waals surface area contributed by atoms with Crippen LogP contribution < -0.4 is 5.32 Å². The van der Waals surface area contributed by atoms with Crippen LogP contribution in [0.25, 0.3) is 0 Å². The van der Waals surface area contributed by atoms with E-state index >= 15 is 0 Å². The fourth-order valence-corrected chi connectivity index (χ4v) is 1.53. The molecule has 5 nitrogen and oxygen atoms in total. The standard InChI is InChI=1S/C10H19N3O2/c1-10(2,11-3)9(15)13-6-4-12(8-14)5-7-13/h8,11H,4-7H2,1-3H3. The fourth-order valence-electron chi connectivity index (χ4n) is 1.53. The van der Waals surface area contributed by atoms with Crippen molar-refractivity contribution in [1.29, 1.82) is 0 Å². The monoisotopic (exact) mass is 213 g/mol. The molecule has 0 spiro atoms. The Hall–Kier alpha value is -1.10. The molecule has 2 amide bonds. The molecule has 1 aliphatic heterocycles. The maximum atomic E-state index is 12.0. The summed E-state index contributed by atoms with van der Waals surface area (Å²) in [4.78, 5) is 26.0. The van der Waals surface area contributed by atoms with Crippen LogP contribution in [-0.4, -0.2) is 60.9 Å². The molecule has 0 atom stereocenters. The predicted molar refractivity (Wildman–Crippen MR) is 57.4 cm³/mol. The van der Waals surface area contributed by atoms with Gasteiger partial charge >= 0.3 is 0 Å². The molecule has 0 saturated carbocycles. The van der Waals surface area contributed by atoms with E-state index in [1.165, 1.54) is 0 Å². The Morgan fingerprint density at radius 3 is 2.20 bits per heavy atom. The molecule has 1 saturated heterocycles. The second kappa shape index (κ2) is 4.61. The van der Waals surface area contributed by atoms with E-state index in [2.05, 4.69) is 5.32 Å². The van der Waals surface area contributed by atoms with Crippen molar-refractivity contribution in [1.82, 2.24) is 15.1 Å². The molecule has 1 aliphatic rings. The summed E-state index contributed by atoms with van der Waals surface area (Å²) in [6.07, 6.45) is 0.838. The largest absolute Gasteiger partial charge is 0.342 e. The van der Waals surface area contributed by atoms with Crippen molar-refractivity contribution in [3.63, 3.8) is 0 Å². The molecular weight excluding hydrogens is 194 g/mol. The van der Waals surface area contributed by atoms with Crippen LogP contribution in [0.3, 0.4) is 0 Å². The summed E-state index contributed by atoms with van der Waals surface area (Å²) in [7, 11) is 1.78. The van der Waals surface area contributed by atoms with Crippen LogP contribution in [-0.2, 0) is 9.59 Å². The van der Waals surface area contributed by atoms with E-state index in [9.17, 15) is 9.59 Å². The van der Waals surface area contributed by atoms with E-state index in [0.29, 0.717) is 26.2 Å². The molecule has 1 fully saturated rings. The van der Waals surface area contributed by atoms with Crippen molar-refractivity contribution in [3.05, 3.63) is 0 Å². The van der Waals surface area contributed by atoms with Gasteiger partial charge in [-0.15, -0.1) is 0 Å². The lowest BCUT2D eigenvalue weighted by atomic mass is 10.0. The summed E-state index contributed by atoms with van der Waals surface area (Å²) in [6, 6.07) is 0. The Balaban J connectivity index is 2.53. The van der Waals surface area contributed by atoms with E-state index in [4.69, 9.17) is 0 Å². The molecule has 15 heavy (non-hydrogen) atoms. The zero-order valence-electron chi connectivity index (χ0n) is 9.62. The third-order valence-corrected chi connectivity index (χ3v) is 2.91. The number of nitrogens with one attached hydrogen (secondary N) is 1. The number of carbonyl (C=O) groups excluding carboxylic acids is 2. The Morgan fingerprint density at radius 1 is 1.27 bits per heavy atom. The number of rotatable bonds is 3. The maximum absolute atomic E-state index is 12.0. The summed E-state index contributed by atoms with van der Waals surface area (Å²) in [5.41, 5.74) is -0.524. The highest BCUT2D eigenvalue weighted by atomic mass is 16.2. The van der Waals surface area contributed by atoms with Crippen LogP contribution in [0.4, 0.5) is 0 Å². The number of likely N-dealkylation sites (N-methyl/N-ethyl adjacent to an activating group) is 1. The average molecular weight is 213 g/mol. The van der Waals surface area contributed by atoms with Crippen LogP contribution in [0.2, 0.25) is 0 Å². The van der Waals surface area contributed by atoms with Gasteiger partial charge < -0.3 is 15.1 Å². The quantitative estimate of drug-likeness (QED) is 0.630. The highest BCUT2D eigenvalue weighted by molar-refractivity contribution is 5.85. The van der Waals surface area contributed by atoms with Crippen molar-refractivity contribution in [2.75, 3.05) is 33.2 Å². The second-order valence-electron chi connectivity index (χ2n) is 4.31. The van der Waals surface area contributed by atoms with Gasteiger partial charge in [-0.05, 0) is 20.9 Å². The van der Waals surface area contributed by atoms with Crippen molar-refractivity contribution >= 4 is 12.3 Å². The lowest BCUT2D eigenvalue weighted by Crippen LogP contribution is -2.57. The molecule has 0 aromatic carbocycles. The van der Waals surface area contributed by atoms with Crippen LogP contribution in [0, 0.1) is 0 Å². The molecule has 0 aliphatic carbocycles. The first-order chi connectivity index (χ1) is 7.01. The molecule has 1 N–H and O–H groups in total. The van der Waals surface area contributed by atoms with Crippen LogP contribution >= 0.6 is 0 Å². The number of hydrogen-bond acceptors (Lipinski definition) is 3. The zero-order valence-corrected chi connectivity index (χ0v) is 9.62. The van der Waals surface area contributed by atoms with E-state index in [0.717, 1.165) is 6.41 Å².